The van der Waals surface area contributed by atoms with E-state index in [1.54, 1.807) is 28.8 Å². The van der Waals surface area contributed by atoms with Gasteiger partial charge >= 0.3 is 0 Å². The van der Waals surface area contributed by atoms with Crippen molar-refractivity contribution in [2.24, 2.45) is 0 Å². The number of halogens is 1. The Morgan fingerprint density at radius 3 is 2.38 bits per heavy atom. The van der Waals surface area contributed by atoms with Crippen LogP contribution in [0.3, 0.4) is 0 Å². The number of hydrogen-bond acceptors (Lipinski definition) is 7. The molecule has 0 atom stereocenters. The van der Waals surface area contributed by atoms with Crippen molar-refractivity contribution in [1.82, 2.24) is 20.1 Å². The maximum absolute atomic E-state index is 12.6. The van der Waals surface area contributed by atoms with Gasteiger partial charge in [-0.3, -0.25) is 14.2 Å². The van der Waals surface area contributed by atoms with Crippen LogP contribution in [0.5, 0.6) is 11.5 Å². The van der Waals surface area contributed by atoms with Gasteiger partial charge in [-0.15, -0.1) is 10.2 Å². The number of nitrogens with zero attached hydrogens (tertiary/aromatic N) is 3. The average molecular weight is 566 g/mol. The van der Waals surface area contributed by atoms with Crippen LogP contribution >= 0.6 is 23.4 Å². The van der Waals surface area contributed by atoms with Crippen molar-refractivity contribution in [3.05, 3.63) is 89.2 Å². The molecule has 0 bridgehead atoms. The van der Waals surface area contributed by atoms with Gasteiger partial charge in [0.2, 0.25) is 5.91 Å². The Kier molecular flexibility index (Phi) is 9.82. The summed E-state index contributed by atoms with van der Waals surface area (Å²) < 4.78 is 12.9. The summed E-state index contributed by atoms with van der Waals surface area (Å²) in [6.07, 6.45) is 0. The van der Waals surface area contributed by atoms with Crippen molar-refractivity contribution in [1.29, 1.82) is 0 Å². The molecule has 0 unspecified atom stereocenters. The van der Waals surface area contributed by atoms with Crippen molar-refractivity contribution in [3.8, 4) is 17.2 Å². The standard InChI is InChI=1S/C28H28ClN5O4S/c1-3-37-23-13-9-22(10-14-23)34-25(16-30-26(35)17-38-24-11-7-20(29)8-12-24)32-33-28(34)39-18-27(36)31-21-6-4-5-19(2)15-21/h4-15H,3,16-18H2,1-2H3,(H,30,35)(H,31,36). The molecule has 0 aliphatic rings. The Balaban J connectivity index is 1.44. The van der Waals surface area contributed by atoms with Gasteiger partial charge in [0.25, 0.3) is 5.91 Å². The molecule has 3 aromatic carbocycles. The summed E-state index contributed by atoms with van der Waals surface area (Å²) >= 11 is 7.13. The van der Waals surface area contributed by atoms with Crippen LogP contribution in [0, 0.1) is 6.92 Å². The lowest BCUT2D eigenvalue weighted by Crippen LogP contribution is -2.29. The quantitative estimate of drug-likeness (QED) is 0.231. The van der Waals surface area contributed by atoms with E-state index in [2.05, 4.69) is 20.8 Å². The smallest absolute Gasteiger partial charge is 0.258 e. The normalized spacial score (nSPS) is 10.6. The highest BCUT2D eigenvalue weighted by molar-refractivity contribution is 7.99. The fraction of sp³-hybridized carbons (Fsp3) is 0.214. The minimum atomic E-state index is -0.321. The summed E-state index contributed by atoms with van der Waals surface area (Å²) in [5, 5.41) is 15.4. The molecule has 0 radical (unpaired) electrons. The summed E-state index contributed by atoms with van der Waals surface area (Å²) in [5.41, 5.74) is 2.56. The first kappa shape index (κ1) is 28.0. The summed E-state index contributed by atoms with van der Waals surface area (Å²) in [4.78, 5) is 25.1. The lowest BCUT2D eigenvalue weighted by atomic mass is 10.2. The summed E-state index contributed by atoms with van der Waals surface area (Å²) in [6.45, 7) is 4.38. The topological polar surface area (TPSA) is 107 Å². The fourth-order valence-corrected chi connectivity index (χ4v) is 4.48. The van der Waals surface area contributed by atoms with Gasteiger partial charge in [0, 0.05) is 16.4 Å². The average Bonchev–Trinajstić information content (AvgIpc) is 3.34. The molecule has 11 heteroatoms. The Morgan fingerprint density at radius 1 is 0.949 bits per heavy atom. The number of ether oxygens (including phenoxy) is 2. The van der Waals surface area contributed by atoms with Gasteiger partial charge in [-0.25, -0.2) is 0 Å². The first-order valence-electron chi connectivity index (χ1n) is 12.2. The molecule has 4 rings (SSSR count). The van der Waals surface area contributed by atoms with Gasteiger partial charge in [-0.05, 0) is 80.1 Å². The number of carbonyl (C=O) groups excluding carboxylic acids is 2. The molecule has 0 spiro atoms. The van der Waals surface area contributed by atoms with E-state index in [-0.39, 0.29) is 30.7 Å². The first-order chi connectivity index (χ1) is 18.9. The molecule has 1 aromatic heterocycles. The lowest BCUT2D eigenvalue weighted by Gasteiger charge is -2.12. The van der Waals surface area contributed by atoms with E-state index in [9.17, 15) is 9.59 Å². The van der Waals surface area contributed by atoms with Gasteiger partial charge in [0.1, 0.15) is 11.5 Å². The minimum absolute atomic E-state index is 0.110. The fourth-order valence-electron chi connectivity index (χ4n) is 3.58. The number of anilines is 1. The largest absolute Gasteiger partial charge is 0.494 e. The van der Waals surface area contributed by atoms with Crippen LogP contribution in [-0.4, -0.2) is 45.5 Å². The SMILES string of the molecule is CCOc1ccc(-n2c(CNC(=O)COc3ccc(Cl)cc3)nnc2SCC(=O)Nc2cccc(C)c2)cc1. The van der Waals surface area contributed by atoms with Crippen LogP contribution in [0.4, 0.5) is 5.69 Å². The molecular formula is C28H28ClN5O4S. The van der Waals surface area contributed by atoms with E-state index < -0.39 is 0 Å². The van der Waals surface area contributed by atoms with E-state index in [4.69, 9.17) is 21.1 Å². The van der Waals surface area contributed by atoms with E-state index in [0.717, 1.165) is 22.7 Å². The van der Waals surface area contributed by atoms with Crippen molar-refractivity contribution in [2.45, 2.75) is 25.5 Å². The highest BCUT2D eigenvalue weighted by atomic mass is 35.5. The van der Waals surface area contributed by atoms with E-state index in [1.807, 2.05) is 62.4 Å². The summed E-state index contributed by atoms with van der Waals surface area (Å²) in [7, 11) is 0. The monoisotopic (exact) mass is 565 g/mol. The highest BCUT2D eigenvalue weighted by Crippen LogP contribution is 2.24. The van der Waals surface area contributed by atoms with Crippen molar-refractivity contribution in [2.75, 3.05) is 24.3 Å². The maximum Gasteiger partial charge on any atom is 0.258 e. The predicted octanol–water partition coefficient (Wildman–Crippen LogP) is 5.05. The van der Waals surface area contributed by atoms with Crippen LogP contribution in [0.15, 0.2) is 78.0 Å². The molecule has 39 heavy (non-hydrogen) atoms. The van der Waals surface area contributed by atoms with Crippen molar-refractivity contribution < 1.29 is 19.1 Å². The molecule has 0 fully saturated rings. The molecule has 202 valence electrons. The number of benzene rings is 3. The molecule has 2 amide bonds. The van der Waals surface area contributed by atoms with Gasteiger partial charge in [0.15, 0.2) is 17.6 Å². The molecule has 9 nitrogen and oxygen atoms in total. The number of amides is 2. The minimum Gasteiger partial charge on any atom is -0.494 e. The van der Waals surface area contributed by atoms with Crippen LogP contribution in [0.25, 0.3) is 5.69 Å². The highest BCUT2D eigenvalue weighted by Gasteiger charge is 2.17. The second kappa shape index (κ2) is 13.7. The second-order valence-corrected chi connectivity index (χ2v) is 9.77. The van der Waals surface area contributed by atoms with E-state index in [0.29, 0.717) is 28.4 Å². The Hall–Kier alpha value is -4.02. The summed E-state index contributed by atoms with van der Waals surface area (Å²) in [5.74, 6) is 1.41. The second-order valence-electron chi connectivity index (χ2n) is 8.39. The van der Waals surface area contributed by atoms with Gasteiger partial charge < -0.3 is 20.1 Å². The Morgan fingerprint density at radius 2 is 1.67 bits per heavy atom. The molecule has 2 N–H and O–H groups in total. The van der Waals surface area contributed by atoms with Gasteiger partial charge in [0.05, 0.1) is 18.9 Å². The molecule has 4 aromatic rings. The van der Waals surface area contributed by atoms with Crippen molar-refractivity contribution >= 4 is 40.9 Å². The summed E-state index contributed by atoms with van der Waals surface area (Å²) in [6, 6.07) is 21.8. The van der Waals surface area contributed by atoms with E-state index in [1.165, 1.54) is 11.8 Å². The number of hydrogen-bond donors (Lipinski definition) is 2. The Bertz CT molecular complexity index is 1410. The number of carbonyl (C=O) groups is 2. The van der Waals surface area contributed by atoms with Gasteiger partial charge in [-0.2, -0.15) is 0 Å². The molecule has 0 aliphatic heterocycles. The molecular weight excluding hydrogens is 538 g/mol. The first-order valence-corrected chi connectivity index (χ1v) is 13.6. The number of nitrogens with one attached hydrogen (secondary N) is 2. The lowest BCUT2D eigenvalue weighted by molar-refractivity contribution is -0.123. The van der Waals surface area contributed by atoms with E-state index >= 15 is 0 Å². The molecule has 0 saturated heterocycles. The predicted molar refractivity (Wildman–Crippen MR) is 152 cm³/mol. The molecule has 0 aliphatic carbocycles. The number of rotatable bonds is 12. The third kappa shape index (κ3) is 8.23. The zero-order valence-electron chi connectivity index (χ0n) is 21.5. The van der Waals surface area contributed by atoms with Crippen LogP contribution in [0.1, 0.15) is 18.3 Å². The van der Waals surface area contributed by atoms with Crippen molar-refractivity contribution in [3.63, 3.8) is 0 Å². The van der Waals surface area contributed by atoms with Crippen LogP contribution in [0.2, 0.25) is 5.02 Å². The van der Waals surface area contributed by atoms with Crippen LogP contribution in [-0.2, 0) is 16.1 Å². The maximum atomic E-state index is 12.6. The zero-order valence-corrected chi connectivity index (χ0v) is 23.1. The zero-order chi connectivity index (χ0) is 27.6. The van der Waals surface area contributed by atoms with Crippen LogP contribution < -0.4 is 20.1 Å². The molecule has 1 heterocycles. The number of aromatic nitrogens is 3. The molecule has 0 saturated carbocycles. The van der Waals surface area contributed by atoms with Gasteiger partial charge in [-0.1, -0.05) is 35.5 Å². The third-order valence-electron chi connectivity index (χ3n) is 5.37. The number of thioether (sulfide) groups is 1. The number of aryl methyl sites for hydroxylation is 1. The Labute approximate surface area is 235 Å². The third-order valence-corrected chi connectivity index (χ3v) is 6.55.